The smallest absolute Gasteiger partial charge is 0.228 e. The van der Waals surface area contributed by atoms with Gasteiger partial charge >= 0.3 is 0 Å². The molecule has 1 saturated heterocycles. The molecule has 0 radical (unpaired) electrons. The van der Waals surface area contributed by atoms with Crippen molar-refractivity contribution >= 4 is 5.91 Å². The van der Waals surface area contributed by atoms with E-state index in [1.807, 2.05) is 32.6 Å². The maximum atomic E-state index is 12.4. The monoisotopic (exact) mass is 270 g/mol. The molecule has 1 fully saturated rings. The maximum absolute atomic E-state index is 12.4. The Kier molecular flexibility index (Phi) is 5.81. The summed E-state index contributed by atoms with van der Waals surface area (Å²) in [5.41, 5.74) is -0.351. The number of amides is 1. The third-order valence-corrected chi connectivity index (χ3v) is 3.78. The minimum absolute atomic E-state index is 0.175. The summed E-state index contributed by atoms with van der Waals surface area (Å²) in [5.74, 6) is 0.357. The minimum Gasteiger partial charge on any atom is -0.393 e. The molecule has 4 nitrogen and oxygen atoms in total. The van der Waals surface area contributed by atoms with Crippen LogP contribution in [0.15, 0.2) is 0 Å². The molecule has 2 N–H and O–H groups in total. The fraction of sp³-hybridized carbons (Fsp3) is 0.933. The van der Waals surface area contributed by atoms with Crippen LogP contribution < -0.4 is 5.32 Å². The van der Waals surface area contributed by atoms with Crippen LogP contribution in [0.4, 0.5) is 0 Å². The summed E-state index contributed by atoms with van der Waals surface area (Å²) < 4.78 is 0. The Morgan fingerprint density at radius 1 is 1.42 bits per heavy atom. The number of carbonyl (C=O) groups is 1. The van der Waals surface area contributed by atoms with Crippen LogP contribution >= 0.6 is 0 Å². The zero-order valence-electron chi connectivity index (χ0n) is 13.1. The third-order valence-electron chi connectivity index (χ3n) is 3.78. The predicted octanol–water partition coefficient (Wildman–Crippen LogP) is 1.63. The van der Waals surface area contributed by atoms with Gasteiger partial charge in [0.25, 0.3) is 0 Å². The van der Waals surface area contributed by atoms with E-state index in [2.05, 4.69) is 12.2 Å². The molecule has 1 amide bonds. The van der Waals surface area contributed by atoms with Gasteiger partial charge in [0.1, 0.15) is 0 Å². The standard InChI is InChI=1S/C15H30N2O2/c1-6-7-16-13-8-12(11(2)18)9-17(10-13)14(19)15(3,4)5/h11-13,16,18H,6-10H2,1-5H3. The first-order chi connectivity index (χ1) is 8.75. The number of hydrogen-bond acceptors (Lipinski definition) is 3. The first-order valence-electron chi connectivity index (χ1n) is 7.46. The fourth-order valence-corrected chi connectivity index (χ4v) is 2.62. The number of nitrogens with one attached hydrogen (secondary N) is 1. The number of nitrogens with zero attached hydrogens (tertiary/aromatic N) is 1. The van der Waals surface area contributed by atoms with Gasteiger partial charge in [-0.25, -0.2) is 0 Å². The molecule has 1 heterocycles. The van der Waals surface area contributed by atoms with Crippen LogP contribution in [0.1, 0.15) is 47.5 Å². The second-order valence-corrected chi connectivity index (χ2v) is 6.85. The van der Waals surface area contributed by atoms with Gasteiger partial charge < -0.3 is 15.3 Å². The highest BCUT2D eigenvalue weighted by molar-refractivity contribution is 5.81. The Morgan fingerprint density at radius 3 is 2.53 bits per heavy atom. The summed E-state index contributed by atoms with van der Waals surface area (Å²) in [6.07, 6.45) is 1.68. The average Bonchev–Trinajstić information content (AvgIpc) is 2.33. The molecule has 0 spiro atoms. The van der Waals surface area contributed by atoms with Crippen molar-refractivity contribution in [2.24, 2.45) is 11.3 Å². The molecule has 0 bridgehead atoms. The van der Waals surface area contributed by atoms with E-state index >= 15 is 0 Å². The Hall–Kier alpha value is -0.610. The Morgan fingerprint density at radius 2 is 2.05 bits per heavy atom. The van der Waals surface area contributed by atoms with Gasteiger partial charge in [0.05, 0.1) is 6.10 Å². The molecule has 1 aliphatic heterocycles. The van der Waals surface area contributed by atoms with Crippen molar-refractivity contribution in [3.05, 3.63) is 0 Å². The van der Waals surface area contributed by atoms with Gasteiger partial charge in [-0.15, -0.1) is 0 Å². The molecule has 3 atom stereocenters. The number of hydrogen-bond donors (Lipinski definition) is 2. The van der Waals surface area contributed by atoms with Gasteiger partial charge in [-0.05, 0) is 26.3 Å². The first kappa shape index (κ1) is 16.4. The number of piperidine rings is 1. The third kappa shape index (κ3) is 4.77. The SMILES string of the molecule is CCCNC1CC(C(C)O)CN(C(=O)C(C)(C)C)C1. The molecule has 4 heteroatoms. The van der Waals surface area contributed by atoms with Crippen molar-refractivity contribution in [2.45, 2.75) is 59.6 Å². The second kappa shape index (κ2) is 6.71. The molecule has 0 aliphatic carbocycles. The molecule has 1 rings (SSSR count). The zero-order valence-corrected chi connectivity index (χ0v) is 13.1. The lowest BCUT2D eigenvalue weighted by Gasteiger charge is -2.41. The molecular weight excluding hydrogens is 240 g/mol. The van der Waals surface area contributed by atoms with E-state index in [9.17, 15) is 9.90 Å². The summed E-state index contributed by atoms with van der Waals surface area (Å²) in [6, 6.07) is 0.305. The largest absolute Gasteiger partial charge is 0.393 e. The van der Waals surface area contributed by atoms with Crippen LogP contribution in [0.5, 0.6) is 0 Å². The van der Waals surface area contributed by atoms with Crippen LogP contribution in [0.2, 0.25) is 0 Å². The van der Waals surface area contributed by atoms with Gasteiger partial charge in [0.15, 0.2) is 0 Å². The molecule has 0 saturated carbocycles. The molecule has 19 heavy (non-hydrogen) atoms. The topological polar surface area (TPSA) is 52.6 Å². The summed E-state index contributed by atoms with van der Waals surface area (Å²) in [5, 5.41) is 13.3. The van der Waals surface area contributed by atoms with Crippen LogP contribution in [0, 0.1) is 11.3 Å². The molecule has 3 unspecified atom stereocenters. The lowest BCUT2D eigenvalue weighted by Crippen LogP contribution is -2.55. The van der Waals surface area contributed by atoms with Gasteiger partial charge in [-0.1, -0.05) is 27.7 Å². The highest BCUT2D eigenvalue weighted by atomic mass is 16.3. The van der Waals surface area contributed by atoms with E-state index < -0.39 is 0 Å². The number of likely N-dealkylation sites (tertiary alicyclic amines) is 1. The summed E-state index contributed by atoms with van der Waals surface area (Å²) in [7, 11) is 0. The van der Waals surface area contributed by atoms with E-state index in [4.69, 9.17) is 0 Å². The van der Waals surface area contributed by atoms with Crippen LogP contribution in [0.25, 0.3) is 0 Å². The molecule has 0 aromatic heterocycles. The van der Waals surface area contributed by atoms with Crippen LogP contribution in [-0.2, 0) is 4.79 Å². The van der Waals surface area contributed by atoms with Crippen molar-refractivity contribution in [2.75, 3.05) is 19.6 Å². The maximum Gasteiger partial charge on any atom is 0.228 e. The number of rotatable bonds is 4. The average molecular weight is 270 g/mol. The van der Waals surface area contributed by atoms with Gasteiger partial charge in [0, 0.05) is 30.5 Å². The van der Waals surface area contributed by atoms with Gasteiger partial charge in [0.2, 0.25) is 5.91 Å². The molecule has 0 aromatic rings. The highest BCUT2D eigenvalue weighted by Gasteiger charge is 2.35. The molecule has 112 valence electrons. The van der Waals surface area contributed by atoms with Crippen molar-refractivity contribution in [3.8, 4) is 0 Å². The van der Waals surface area contributed by atoms with E-state index in [1.165, 1.54) is 0 Å². The predicted molar refractivity (Wildman–Crippen MR) is 77.9 cm³/mol. The summed E-state index contributed by atoms with van der Waals surface area (Å²) in [6.45, 7) is 12.2. The van der Waals surface area contributed by atoms with Crippen LogP contribution in [0.3, 0.4) is 0 Å². The van der Waals surface area contributed by atoms with Gasteiger partial charge in [-0.2, -0.15) is 0 Å². The lowest BCUT2D eigenvalue weighted by atomic mass is 9.87. The summed E-state index contributed by atoms with van der Waals surface area (Å²) >= 11 is 0. The van der Waals surface area contributed by atoms with E-state index in [0.29, 0.717) is 12.6 Å². The van der Waals surface area contributed by atoms with E-state index in [0.717, 1.165) is 25.9 Å². The Labute approximate surface area is 117 Å². The van der Waals surface area contributed by atoms with Crippen molar-refractivity contribution < 1.29 is 9.90 Å². The van der Waals surface area contributed by atoms with E-state index in [1.54, 1.807) is 0 Å². The normalized spacial score (nSPS) is 26.3. The van der Waals surface area contributed by atoms with Crippen molar-refractivity contribution in [1.29, 1.82) is 0 Å². The highest BCUT2D eigenvalue weighted by Crippen LogP contribution is 2.25. The second-order valence-electron chi connectivity index (χ2n) is 6.85. The van der Waals surface area contributed by atoms with Crippen molar-refractivity contribution in [3.63, 3.8) is 0 Å². The number of aliphatic hydroxyl groups is 1. The number of aliphatic hydroxyl groups excluding tert-OH is 1. The molecule has 0 aromatic carbocycles. The Bertz CT molecular complexity index is 297. The fourth-order valence-electron chi connectivity index (χ4n) is 2.62. The zero-order chi connectivity index (χ0) is 14.6. The number of carbonyl (C=O) groups excluding carboxylic acids is 1. The van der Waals surface area contributed by atoms with Crippen LogP contribution in [-0.4, -0.2) is 47.7 Å². The molecule has 1 aliphatic rings. The molecular formula is C15H30N2O2. The van der Waals surface area contributed by atoms with Gasteiger partial charge in [-0.3, -0.25) is 4.79 Å². The summed E-state index contributed by atoms with van der Waals surface area (Å²) in [4.78, 5) is 14.3. The van der Waals surface area contributed by atoms with E-state index in [-0.39, 0.29) is 23.3 Å². The minimum atomic E-state index is -0.360. The lowest BCUT2D eigenvalue weighted by molar-refractivity contribution is -0.142. The van der Waals surface area contributed by atoms with Crippen molar-refractivity contribution in [1.82, 2.24) is 10.2 Å². The first-order valence-corrected chi connectivity index (χ1v) is 7.46. The quantitative estimate of drug-likeness (QED) is 0.816. The Balaban J connectivity index is 2.72.